The predicted octanol–water partition coefficient (Wildman–Crippen LogP) is 3.15. The lowest BCUT2D eigenvalue weighted by molar-refractivity contribution is 0.696. The molecule has 3 rings (SSSR count). The van der Waals surface area contributed by atoms with E-state index in [1.54, 1.807) is 0 Å². The molecule has 0 unspecified atom stereocenters. The van der Waals surface area contributed by atoms with Crippen molar-refractivity contribution in [2.24, 2.45) is 0 Å². The molecule has 0 fully saturated rings. The number of rotatable bonds is 5. The minimum Gasteiger partial charge on any atom is -0.323 e. The summed E-state index contributed by atoms with van der Waals surface area (Å²) < 4.78 is 2.33. The molecule has 0 spiro atoms. The van der Waals surface area contributed by atoms with E-state index in [0.717, 1.165) is 30.9 Å². The van der Waals surface area contributed by atoms with E-state index >= 15 is 0 Å². The van der Waals surface area contributed by atoms with E-state index in [0.29, 0.717) is 0 Å². The summed E-state index contributed by atoms with van der Waals surface area (Å²) in [6.45, 7) is 3.93. The van der Waals surface area contributed by atoms with Gasteiger partial charge in [0, 0.05) is 19.5 Å². The molecule has 0 saturated heterocycles. The molecule has 0 amide bonds. The third kappa shape index (κ3) is 2.98. The van der Waals surface area contributed by atoms with E-state index in [-0.39, 0.29) is 0 Å². The largest absolute Gasteiger partial charge is 0.323 e. The van der Waals surface area contributed by atoms with Crippen molar-refractivity contribution >= 4 is 11.0 Å². The number of nitrogens with zero attached hydrogens (tertiary/aromatic N) is 2. The smallest absolute Gasteiger partial charge is 0.111 e. The molecule has 1 N–H and O–H groups in total. The Hall–Kier alpha value is -2.13. The van der Waals surface area contributed by atoms with Gasteiger partial charge in [-0.05, 0) is 37.2 Å². The van der Waals surface area contributed by atoms with Gasteiger partial charge in [0.05, 0.1) is 11.0 Å². The van der Waals surface area contributed by atoms with Crippen LogP contribution in [0.15, 0.2) is 48.5 Å². The van der Waals surface area contributed by atoms with Crippen LogP contribution in [-0.4, -0.2) is 23.1 Å². The molecule has 0 aliphatic heterocycles. The van der Waals surface area contributed by atoms with Crippen molar-refractivity contribution in [1.29, 1.82) is 0 Å². The van der Waals surface area contributed by atoms with Crippen molar-refractivity contribution in [2.45, 2.75) is 19.9 Å². The number of imidazole rings is 1. The van der Waals surface area contributed by atoms with Crippen LogP contribution in [0.25, 0.3) is 11.0 Å². The molecule has 0 saturated carbocycles. The van der Waals surface area contributed by atoms with Gasteiger partial charge in [0.25, 0.3) is 0 Å². The summed E-state index contributed by atoms with van der Waals surface area (Å²) in [6, 6.07) is 17.1. The van der Waals surface area contributed by atoms with Gasteiger partial charge in [-0.1, -0.05) is 36.4 Å². The summed E-state index contributed by atoms with van der Waals surface area (Å²) in [4.78, 5) is 4.83. The van der Waals surface area contributed by atoms with Gasteiger partial charge in [-0.2, -0.15) is 0 Å². The zero-order valence-electron chi connectivity index (χ0n) is 12.6. The van der Waals surface area contributed by atoms with Crippen LogP contribution in [0.5, 0.6) is 0 Å². The summed E-state index contributed by atoms with van der Waals surface area (Å²) in [5.41, 5.74) is 4.88. The monoisotopic (exact) mass is 279 g/mol. The highest BCUT2D eigenvalue weighted by Gasteiger charge is 2.10. The van der Waals surface area contributed by atoms with Gasteiger partial charge >= 0.3 is 0 Å². The first kappa shape index (κ1) is 13.8. The van der Waals surface area contributed by atoms with Gasteiger partial charge < -0.3 is 9.88 Å². The molecule has 3 heteroatoms. The second kappa shape index (κ2) is 6.10. The molecule has 21 heavy (non-hydrogen) atoms. The van der Waals surface area contributed by atoms with Crippen molar-refractivity contribution in [3.8, 4) is 0 Å². The highest BCUT2D eigenvalue weighted by atomic mass is 15.1. The summed E-state index contributed by atoms with van der Waals surface area (Å²) in [7, 11) is 1.98. The molecule has 1 aromatic heterocycles. The number of fused-ring (bicyclic) bond motifs is 1. The summed E-state index contributed by atoms with van der Waals surface area (Å²) in [6.07, 6.45) is 0.942. The Labute approximate surface area is 125 Å². The Kier molecular flexibility index (Phi) is 4.02. The van der Waals surface area contributed by atoms with Crippen LogP contribution in [0.3, 0.4) is 0 Å². The van der Waals surface area contributed by atoms with E-state index < -0.39 is 0 Å². The molecule has 0 radical (unpaired) electrons. The van der Waals surface area contributed by atoms with Gasteiger partial charge in [-0.25, -0.2) is 4.98 Å². The van der Waals surface area contributed by atoms with Crippen LogP contribution >= 0.6 is 0 Å². The Bertz CT molecular complexity index is 729. The van der Waals surface area contributed by atoms with Gasteiger partial charge in [-0.15, -0.1) is 0 Å². The minimum absolute atomic E-state index is 0.874. The lowest BCUT2D eigenvalue weighted by atomic mass is 10.2. The zero-order valence-corrected chi connectivity index (χ0v) is 12.6. The number of nitrogens with one attached hydrogen (secondary N) is 1. The predicted molar refractivity (Wildman–Crippen MR) is 87.6 cm³/mol. The first-order valence-electron chi connectivity index (χ1n) is 7.42. The molecular weight excluding hydrogens is 258 g/mol. The van der Waals surface area contributed by atoms with Crippen molar-refractivity contribution in [1.82, 2.24) is 14.9 Å². The maximum absolute atomic E-state index is 4.83. The van der Waals surface area contributed by atoms with Gasteiger partial charge in [0.15, 0.2) is 0 Å². The number of likely N-dealkylation sites (N-methyl/N-ethyl adjacent to an activating group) is 1. The van der Waals surface area contributed by atoms with Crippen LogP contribution in [0, 0.1) is 6.92 Å². The lowest BCUT2D eigenvalue weighted by Gasteiger charge is -2.09. The normalized spacial score (nSPS) is 11.1. The van der Waals surface area contributed by atoms with Crippen LogP contribution in [0.1, 0.15) is 17.0 Å². The molecule has 0 atom stereocenters. The van der Waals surface area contributed by atoms with Crippen LogP contribution in [0.4, 0.5) is 0 Å². The number of benzene rings is 2. The molecule has 0 bridgehead atoms. The van der Waals surface area contributed by atoms with Gasteiger partial charge in [0.1, 0.15) is 5.82 Å². The number of hydrogen-bond donors (Lipinski definition) is 1. The molecule has 3 aromatic rings. The lowest BCUT2D eigenvalue weighted by Crippen LogP contribution is -2.14. The summed E-state index contributed by atoms with van der Waals surface area (Å²) in [5, 5.41) is 3.21. The van der Waals surface area contributed by atoms with E-state index in [1.807, 2.05) is 7.05 Å². The fourth-order valence-electron chi connectivity index (χ4n) is 2.66. The maximum atomic E-state index is 4.83. The van der Waals surface area contributed by atoms with E-state index in [1.165, 1.54) is 16.6 Å². The van der Waals surface area contributed by atoms with Gasteiger partial charge in [-0.3, -0.25) is 0 Å². The average molecular weight is 279 g/mol. The SMILES string of the molecule is CNCCc1nc2cc(C)ccc2n1Cc1ccccc1. The second-order valence-corrected chi connectivity index (χ2v) is 5.45. The summed E-state index contributed by atoms with van der Waals surface area (Å²) >= 11 is 0. The summed E-state index contributed by atoms with van der Waals surface area (Å²) in [5.74, 6) is 1.15. The molecule has 108 valence electrons. The molecule has 0 aliphatic carbocycles. The Morgan fingerprint density at radius 1 is 1.10 bits per heavy atom. The third-order valence-corrected chi connectivity index (χ3v) is 3.76. The Morgan fingerprint density at radius 3 is 2.67 bits per heavy atom. The van der Waals surface area contributed by atoms with Crippen LogP contribution in [0.2, 0.25) is 0 Å². The zero-order chi connectivity index (χ0) is 14.7. The first-order chi connectivity index (χ1) is 10.3. The van der Waals surface area contributed by atoms with Crippen molar-refractivity contribution < 1.29 is 0 Å². The van der Waals surface area contributed by atoms with E-state index in [9.17, 15) is 0 Å². The minimum atomic E-state index is 0.874. The fraction of sp³-hybridized carbons (Fsp3) is 0.278. The molecule has 2 aromatic carbocycles. The number of aryl methyl sites for hydroxylation is 1. The molecule has 3 nitrogen and oxygen atoms in total. The standard InChI is InChI=1S/C18H21N3/c1-14-8-9-17-16(12-14)20-18(10-11-19-2)21(17)13-15-6-4-3-5-7-15/h3-9,12,19H,10-11,13H2,1-2H3. The topological polar surface area (TPSA) is 29.9 Å². The Morgan fingerprint density at radius 2 is 1.90 bits per heavy atom. The highest BCUT2D eigenvalue weighted by molar-refractivity contribution is 5.77. The third-order valence-electron chi connectivity index (χ3n) is 3.76. The Balaban J connectivity index is 2.04. The highest BCUT2D eigenvalue weighted by Crippen LogP contribution is 2.19. The molecule has 0 aliphatic rings. The fourth-order valence-corrected chi connectivity index (χ4v) is 2.66. The van der Waals surface area contributed by atoms with Crippen molar-refractivity contribution in [3.05, 3.63) is 65.5 Å². The average Bonchev–Trinajstić information content (AvgIpc) is 2.83. The second-order valence-electron chi connectivity index (χ2n) is 5.45. The maximum Gasteiger partial charge on any atom is 0.111 e. The van der Waals surface area contributed by atoms with Crippen LogP contribution in [-0.2, 0) is 13.0 Å². The number of aromatic nitrogens is 2. The van der Waals surface area contributed by atoms with Crippen molar-refractivity contribution in [3.63, 3.8) is 0 Å². The van der Waals surface area contributed by atoms with Gasteiger partial charge in [0.2, 0.25) is 0 Å². The van der Waals surface area contributed by atoms with Crippen molar-refractivity contribution in [2.75, 3.05) is 13.6 Å². The quantitative estimate of drug-likeness (QED) is 0.777. The van der Waals surface area contributed by atoms with Crippen LogP contribution < -0.4 is 5.32 Å². The van der Waals surface area contributed by atoms with E-state index in [4.69, 9.17) is 4.98 Å². The number of hydrogen-bond acceptors (Lipinski definition) is 2. The van der Waals surface area contributed by atoms with E-state index in [2.05, 4.69) is 65.3 Å². The molecular formula is C18H21N3. The molecule has 1 heterocycles. The first-order valence-corrected chi connectivity index (χ1v) is 7.42.